The molecule has 1 amide bonds. The summed E-state index contributed by atoms with van der Waals surface area (Å²) in [5.41, 5.74) is 2.86. The Labute approximate surface area is 149 Å². The third-order valence-corrected chi connectivity index (χ3v) is 4.70. The highest BCUT2D eigenvalue weighted by molar-refractivity contribution is 5.93. The third kappa shape index (κ3) is 4.56. The van der Waals surface area contributed by atoms with Gasteiger partial charge in [-0.1, -0.05) is 26.0 Å². The number of nitrogens with one attached hydrogen (secondary N) is 1. The van der Waals surface area contributed by atoms with E-state index in [1.165, 1.54) is 18.5 Å². The van der Waals surface area contributed by atoms with Crippen molar-refractivity contribution in [3.63, 3.8) is 0 Å². The molecule has 1 saturated heterocycles. The van der Waals surface area contributed by atoms with Gasteiger partial charge in [-0.2, -0.15) is 0 Å². The van der Waals surface area contributed by atoms with E-state index in [0.717, 1.165) is 36.8 Å². The summed E-state index contributed by atoms with van der Waals surface area (Å²) in [6.45, 7) is 7.07. The molecule has 0 aliphatic carbocycles. The number of amides is 1. The van der Waals surface area contributed by atoms with Gasteiger partial charge in [-0.25, -0.2) is 9.97 Å². The molecule has 1 aromatic heterocycles. The number of anilines is 1. The first-order chi connectivity index (χ1) is 12.2. The summed E-state index contributed by atoms with van der Waals surface area (Å²) in [5, 5.41) is 2.93. The standard InChI is InChI=1S/C20H26N4O/c1-3-19-21-12-17(13-22-19)20(25)23-11-16-6-8-18(9-7-16)24-10-4-5-15(2)14-24/h6-9,12-13,15H,3-5,10-11,14H2,1-2H3,(H,23,25)/t15-/m1/s1. The molecule has 1 N–H and O–H groups in total. The van der Waals surface area contributed by atoms with Gasteiger partial charge in [0.15, 0.2) is 0 Å². The van der Waals surface area contributed by atoms with E-state index in [2.05, 4.69) is 51.4 Å². The summed E-state index contributed by atoms with van der Waals surface area (Å²) in [7, 11) is 0. The van der Waals surface area contributed by atoms with E-state index in [1.807, 2.05) is 6.92 Å². The van der Waals surface area contributed by atoms with Crippen molar-refractivity contribution < 1.29 is 4.79 Å². The lowest BCUT2D eigenvalue weighted by molar-refractivity contribution is 0.0950. The van der Waals surface area contributed by atoms with Crippen LogP contribution in [0.1, 0.15) is 48.4 Å². The van der Waals surface area contributed by atoms with E-state index in [1.54, 1.807) is 12.4 Å². The minimum atomic E-state index is -0.142. The average molecular weight is 338 g/mol. The number of hydrogen-bond donors (Lipinski definition) is 1. The van der Waals surface area contributed by atoms with Crippen LogP contribution < -0.4 is 10.2 Å². The summed E-state index contributed by atoms with van der Waals surface area (Å²) in [5.74, 6) is 1.37. The molecule has 0 unspecified atom stereocenters. The summed E-state index contributed by atoms with van der Waals surface area (Å²) in [6.07, 6.45) is 6.52. The summed E-state index contributed by atoms with van der Waals surface area (Å²) < 4.78 is 0. The van der Waals surface area contributed by atoms with Gasteiger partial charge in [0.25, 0.3) is 5.91 Å². The van der Waals surface area contributed by atoms with Crippen molar-refractivity contribution in [2.75, 3.05) is 18.0 Å². The van der Waals surface area contributed by atoms with Crippen LogP contribution in [0.5, 0.6) is 0 Å². The van der Waals surface area contributed by atoms with Crippen molar-refractivity contribution in [3.8, 4) is 0 Å². The topological polar surface area (TPSA) is 58.1 Å². The van der Waals surface area contributed by atoms with Crippen LogP contribution >= 0.6 is 0 Å². The Bertz CT molecular complexity index is 697. The summed E-state index contributed by atoms with van der Waals surface area (Å²) in [4.78, 5) is 22.9. The van der Waals surface area contributed by atoms with Gasteiger partial charge < -0.3 is 10.2 Å². The fraction of sp³-hybridized carbons (Fsp3) is 0.450. The monoisotopic (exact) mass is 338 g/mol. The first kappa shape index (κ1) is 17.4. The number of carbonyl (C=O) groups excluding carboxylic acids is 1. The molecule has 5 nitrogen and oxygen atoms in total. The lowest BCUT2D eigenvalue weighted by atomic mass is 9.99. The molecule has 2 aromatic rings. The van der Waals surface area contributed by atoms with Crippen molar-refractivity contribution in [1.82, 2.24) is 15.3 Å². The second-order valence-corrected chi connectivity index (χ2v) is 6.78. The van der Waals surface area contributed by atoms with Gasteiger partial charge in [-0.05, 0) is 36.5 Å². The van der Waals surface area contributed by atoms with Crippen LogP contribution in [0.3, 0.4) is 0 Å². The van der Waals surface area contributed by atoms with Crippen LogP contribution in [0.2, 0.25) is 0 Å². The van der Waals surface area contributed by atoms with E-state index in [-0.39, 0.29) is 5.91 Å². The lowest BCUT2D eigenvalue weighted by Crippen LogP contribution is -2.34. The zero-order valence-electron chi connectivity index (χ0n) is 15.0. The van der Waals surface area contributed by atoms with E-state index in [4.69, 9.17) is 0 Å². The molecule has 1 fully saturated rings. The molecule has 0 radical (unpaired) electrons. The van der Waals surface area contributed by atoms with Crippen LogP contribution in [-0.2, 0) is 13.0 Å². The molecular formula is C20H26N4O. The Morgan fingerprint density at radius 3 is 2.60 bits per heavy atom. The molecule has 2 heterocycles. The molecular weight excluding hydrogens is 312 g/mol. The molecule has 0 saturated carbocycles. The van der Waals surface area contributed by atoms with Crippen LogP contribution in [0, 0.1) is 5.92 Å². The molecule has 25 heavy (non-hydrogen) atoms. The predicted molar refractivity (Wildman–Crippen MR) is 99.6 cm³/mol. The fourth-order valence-electron chi connectivity index (χ4n) is 3.19. The Balaban J connectivity index is 1.55. The van der Waals surface area contributed by atoms with Gasteiger partial charge in [-0.3, -0.25) is 4.79 Å². The minimum Gasteiger partial charge on any atom is -0.371 e. The average Bonchev–Trinajstić information content (AvgIpc) is 2.66. The molecule has 0 bridgehead atoms. The zero-order valence-corrected chi connectivity index (χ0v) is 15.0. The highest BCUT2D eigenvalue weighted by Crippen LogP contribution is 2.23. The van der Waals surface area contributed by atoms with Crippen LogP contribution in [-0.4, -0.2) is 29.0 Å². The Morgan fingerprint density at radius 2 is 1.96 bits per heavy atom. The van der Waals surface area contributed by atoms with E-state index in [0.29, 0.717) is 12.1 Å². The number of hydrogen-bond acceptors (Lipinski definition) is 4. The predicted octanol–water partition coefficient (Wildman–Crippen LogP) is 3.21. The van der Waals surface area contributed by atoms with Gasteiger partial charge in [0.05, 0.1) is 5.56 Å². The Kier molecular flexibility index (Phi) is 5.64. The molecule has 1 atom stereocenters. The van der Waals surface area contributed by atoms with Crippen LogP contribution in [0.25, 0.3) is 0 Å². The quantitative estimate of drug-likeness (QED) is 0.909. The summed E-state index contributed by atoms with van der Waals surface area (Å²) in [6, 6.07) is 8.48. The molecule has 3 rings (SSSR count). The number of aromatic nitrogens is 2. The maximum absolute atomic E-state index is 12.2. The Morgan fingerprint density at radius 1 is 1.24 bits per heavy atom. The van der Waals surface area contributed by atoms with Crippen molar-refractivity contribution in [2.45, 2.75) is 39.7 Å². The molecule has 5 heteroatoms. The maximum atomic E-state index is 12.2. The van der Waals surface area contributed by atoms with Gasteiger partial charge >= 0.3 is 0 Å². The van der Waals surface area contributed by atoms with Gasteiger partial charge in [-0.15, -0.1) is 0 Å². The van der Waals surface area contributed by atoms with Crippen LogP contribution in [0.4, 0.5) is 5.69 Å². The second kappa shape index (κ2) is 8.10. The van der Waals surface area contributed by atoms with Crippen molar-refractivity contribution >= 4 is 11.6 Å². The number of benzene rings is 1. The first-order valence-corrected chi connectivity index (χ1v) is 9.08. The van der Waals surface area contributed by atoms with Crippen molar-refractivity contribution in [2.24, 2.45) is 5.92 Å². The van der Waals surface area contributed by atoms with Gasteiger partial charge in [0.1, 0.15) is 5.82 Å². The zero-order chi connectivity index (χ0) is 17.6. The highest BCUT2D eigenvalue weighted by Gasteiger charge is 2.16. The molecule has 0 spiro atoms. The lowest BCUT2D eigenvalue weighted by Gasteiger charge is -2.32. The van der Waals surface area contributed by atoms with Gasteiger partial charge in [0, 0.05) is 44.1 Å². The van der Waals surface area contributed by atoms with Crippen molar-refractivity contribution in [3.05, 3.63) is 53.6 Å². The molecule has 1 aromatic carbocycles. The SMILES string of the molecule is CCc1ncc(C(=O)NCc2ccc(N3CCC[C@@H](C)C3)cc2)cn1. The summed E-state index contributed by atoms with van der Waals surface area (Å²) >= 11 is 0. The van der Waals surface area contributed by atoms with E-state index >= 15 is 0 Å². The number of piperidine rings is 1. The number of rotatable bonds is 5. The largest absolute Gasteiger partial charge is 0.371 e. The first-order valence-electron chi connectivity index (χ1n) is 9.08. The van der Waals surface area contributed by atoms with Crippen molar-refractivity contribution in [1.29, 1.82) is 0 Å². The highest BCUT2D eigenvalue weighted by atomic mass is 16.1. The molecule has 132 valence electrons. The molecule has 1 aliphatic rings. The van der Waals surface area contributed by atoms with E-state index in [9.17, 15) is 4.79 Å². The van der Waals surface area contributed by atoms with E-state index < -0.39 is 0 Å². The Hall–Kier alpha value is -2.43. The number of aryl methyl sites for hydroxylation is 1. The third-order valence-electron chi connectivity index (χ3n) is 4.70. The fourth-order valence-corrected chi connectivity index (χ4v) is 3.19. The number of nitrogens with zero attached hydrogens (tertiary/aromatic N) is 3. The van der Waals surface area contributed by atoms with Crippen LogP contribution in [0.15, 0.2) is 36.7 Å². The molecule has 1 aliphatic heterocycles. The smallest absolute Gasteiger partial charge is 0.254 e. The normalized spacial score (nSPS) is 17.4. The minimum absolute atomic E-state index is 0.142. The van der Waals surface area contributed by atoms with Gasteiger partial charge in [0.2, 0.25) is 0 Å². The second-order valence-electron chi connectivity index (χ2n) is 6.78. The number of carbonyl (C=O) groups is 1. The maximum Gasteiger partial charge on any atom is 0.254 e.